The molecule has 0 fully saturated rings. The summed E-state index contributed by atoms with van der Waals surface area (Å²) < 4.78 is 36.5. The molecule has 1 heterocycles. The van der Waals surface area contributed by atoms with Crippen molar-refractivity contribution >= 4 is 27.8 Å². The van der Waals surface area contributed by atoms with Crippen molar-refractivity contribution in [1.82, 2.24) is 14.5 Å². The Kier molecular flexibility index (Phi) is 6.79. The number of sulfonamides is 1. The molecule has 0 unspecified atom stereocenters. The number of carbonyl (C=O) groups excluding carboxylic acids is 1. The second-order valence-electron chi connectivity index (χ2n) is 5.27. The maximum absolute atomic E-state index is 12.5. The van der Waals surface area contributed by atoms with Gasteiger partial charge in [0.05, 0.1) is 12.0 Å². The number of nitrogens with zero attached hydrogens (tertiary/aromatic N) is 3. The molecule has 0 aliphatic heterocycles. The highest BCUT2D eigenvalue weighted by Crippen LogP contribution is 2.27. The molecule has 0 N–H and O–H groups in total. The minimum atomic E-state index is -3.51. The number of ether oxygens (including phenoxy) is 1. The number of carbonyl (C=O) groups is 1. The van der Waals surface area contributed by atoms with E-state index < -0.39 is 15.3 Å². The van der Waals surface area contributed by atoms with E-state index >= 15 is 0 Å². The molecule has 1 aromatic heterocycles. The number of hydrogen-bond acceptors (Lipinski definition) is 8. The summed E-state index contributed by atoms with van der Waals surface area (Å²) in [5, 5.41) is 7.58. The highest BCUT2D eigenvalue weighted by Gasteiger charge is 2.22. The summed E-state index contributed by atoms with van der Waals surface area (Å²) in [6.45, 7) is 6.07. The van der Waals surface area contributed by atoms with Gasteiger partial charge in [-0.1, -0.05) is 25.6 Å². The molecule has 1 atom stereocenters. The van der Waals surface area contributed by atoms with Crippen LogP contribution in [0.2, 0.25) is 0 Å². The second-order valence-corrected chi connectivity index (χ2v) is 8.50. The Hall–Kier alpha value is -1.91. The zero-order chi connectivity index (χ0) is 19.3. The smallest absolute Gasteiger partial charge is 0.319 e. The van der Waals surface area contributed by atoms with E-state index in [0.29, 0.717) is 18.7 Å². The molecule has 0 amide bonds. The first-order valence-corrected chi connectivity index (χ1v) is 10.3. The Labute approximate surface area is 157 Å². The van der Waals surface area contributed by atoms with Gasteiger partial charge in [0.15, 0.2) is 0 Å². The first-order valence-electron chi connectivity index (χ1n) is 8.02. The Morgan fingerprint density at radius 2 is 1.85 bits per heavy atom. The van der Waals surface area contributed by atoms with Crippen molar-refractivity contribution < 1.29 is 22.4 Å². The van der Waals surface area contributed by atoms with Crippen LogP contribution in [0, 0.1) is 0 Å². The second kappa shape index (κ2) is 8.65. The number of methoxy groups -OCH3 is 1. The monoisotopic (exact) mass is 399 g/mol. The van der Waals surface area contributed by atoms with Crippen molar-refractivity contribution in [3.63, 3.8) is 0 Å². The van der Waals surface area contributed by atoms with Crippen LogP contribution in [-0.2, 0) is 19.6 Å². The fourth-order valence-electron chi connectivity index (χ4n) is 2.22. The van der Waals surface area contributed by atoms with E-state index in [2.05, 4.69) is 14.9 Å². The molecule has 10 heteroatoms. The molecule has 0 bridgehead atoms. The summed E-state index contributed by atoms with van der Waals surface area (Å²) in [6.07, 6.45) is 0. The van der Waals surface area contributed by atoms with Gasteiger partial charge in [0.1, 0.15) is 5.25 Å². The summed E-state index contributed by atoms with van der Waals surface area (Å²) in [6, 6.07) is 6.25. The topological polar surface area (TPSA) is 103 Å². The zero-order valence-electron chi connectivity index (χ0n) is 15.0. The van der Waals surface area contributed by atoms with E-state index in [1.807, 2.05) is 0 Å². The summed E-state index contributed by atoms with van der Waals surface area (Å²) in [5.74, 6) is -0.142. The summed E-state index contributed by atoms with van der Waals surface area (Å²) in [4.78, 5) is 11.6. The minimum Gasteiger partial charge on any atom is -0.468 e. The molecule has 8 nitrogen and oxygen atoms in total. The van der Waals surface area contributed by atoms with Crippen LogP contribution in [0.5, 0.6) is 0 Å². The molecule has 2 aromatic rings. The van der Waals surface area contributed by atoms with Crippen LogP contribution in [0.1, 0.15) is 20.8 Å². The SMILES string of the molecule is CCN(CC)S(=O)(=O)c1ccc(-c2nnc(S[C@H](C)C(=O)OC)o2)cc1. The third-order valence-electron chi connectivity index (χ3n) is 3.66. The van der Waals surface area contributed by atoms with Crippen LogP contribution in [0.25, 0.3) is 11.5 Å². The lowest BCUT2D eigenvalue weighted by Crippen LogP contribution is -2.30. The molecule has 1 aromatic carbocycles. The molecule has 0 radical (unpaired) electrons. The highest BCUT2D eigenvalue weighted by atomic mass is 32.2. The lowest BCUT2D eigenvalue weighted by atomic mass is 10.2. The van der Waals surface area contributed by atoms with Gasteiger partial charge in [-0.25, -0.2) is 8.42 Å². The van der Waals surface area contributed by atoms with Crippen LogP contribution in [-0.4, -0.2) is 54.3 Å². The first kappa shape index (κ1) is 20.4. The summed E-state index contributed by atoms with van der Waals surface area (Å²) in [7, 11) is -2.20. The van der Waals surface area contributed by atoms with Crippen molar-refractivity contribution in [2.75, 3.05) is 20.2 Å². The average molecular weight is 399 g/mol. The Bertz CT molecular complexity index is 845. The number of esters is 1. The molecule has 26 heavy (non-hydrogen) atoms. The van der Waals surface area contributed by atoms with E-state index in [1.54, 1.807) is 32.9 Å². The molecule has 2 rings (SSSR count). The molecular weight excluding hydrogens is 378 g/mol. The zero-order valence-corrected chi connectivity index (χ0v) is 16.6. The molecule has 0 aliphatic carbocycles. The third-order valence-corrected chi connectivity index (χ3v) is 6.64. The van der Waals surface area contributed by atoms with Crippen LogP contribution in [0.4, 0.5) is 0 Å². The minimum absolute atomic E-state index is 0.207. The molecule has 0 saturated heterocycles. The predicted octanol–water partition coefficient (Wildman–Crippen LogP) is 2.42. The number of thioether (sulfide) groups is 1. The lowest BCUT2D eigenvalue weighted by Gasteiger charge is -2.18. The van der Waals surface area contributed by atoms with Gasteiger partial charge in [-0.3, -0.25) is 4.79 Å². The van der Waals surface area contributed by atoms with Crippen LogP contribution < -0.4 is 0 Å². The Balaban J connectivity index is 2.18. The quantitative estimate of drug-likeness (QED) is 0.492. The number of hydrogen-bond donors (Lipinski definition) is 0. The van der Waals surface area contributed by atoms with E-state index in [0.717, 1.165) is 11.8 Å². The van der Waals surface area contributed by atoms with E-state index in [-0.39, 0.29) is 22.0 Å². The fraction of sp³-hybridized carbons (Fsp3) is 0.438. The van der Waals surface area contributed by atoms with Crippen LogP contribution >= 0.6 is 11.8 Å². The predicted molar refractivity (Wildman–Crippen MR) is 97.2 cm³/mol. The van der Waals surface area contributed by atoms with E-state index in [9.17, 15) is 13.2 Å². The first-order chi connectivity index (χ1) is 12.3. The Morgan fingerprint density at radius 1 is 1.23 bits per heavy atom. The van der Waals surface area contributed by atoms with Gasteiger partial charge in [0.25, 0.3) is 5.22 Å². The molecule has 0 saturated carbocycles. The van der Waals surface area contributed by atoms with Crippen molar-refractivity contribution in [3.05, 3.63) is 24.3 Å². The van der Waals surface area contributed by atoms with Gasteiger partial charge in [0.2, 0.25) is 15.9 Å². The number of benzene rings is 1. The van der Waals surface area contributed by atoms with Gasteiger partial charge in [-0.15, -0.1) is 10.2 Å². The number of rotatable bonds is 8. The molecule has 142 valence electrons. The lowest BCUT2D eigenvalue weighted by molar-refractivity contribution is -0.139. The van der Waals surface area contributed by atoms with Crippen LogP contribution in [0.3, 0.4) is 0 Å². The van der Waals surface area contributed by atoms with E-state index in [1.165, 1.54) is 23.5 Å². The van der Waals surface area contributed by atoms with Gasteiger partial charge < -0.3 is 9.15 Å². The van der Waals surface area contributed by atoms with Crippen molar-refractivity contribution in [2.45, 2.75) is 36.1 Å². The van der Waals surface area contributed by atoms with Crippen molar-refractivity contribution in [1.29, 1.82) is 0 Å². The third kappa shape index (κ3) is 4.43. The van der Waals surface area contributed by atoms with Crippen LogP contribution in [0.15, 0.2) is 38.8 Å². The largest absolute Gasteiger partial charge is 0.468 e. The summed E-state index contributed by atoms with van der Waals surface area (Å²) in [5.41, 5.74) is 0.591. The molecule has 0 aliphatic rings. The molecular formula is C16H21N3O5S2. The van der Waals surface area contributed by atoms with Gasteiger partial charge >= 0.3 is 5.97 Å². The van der Waals surface area contributed by atoms with Gasteiger partial charge in [0, 0.05) is 18.7 Å². The normalized spacial score (nSPS) is 13.0. The van der Waals surface area contributed by atoms with Crippen molar-refractivity contribution in [3.8, 4) is 11.5 Å². The summed E-state index contributed by atoms with van der Waals surface area (Å²) >= 11 is 1.09. The number of aromatic nitrogens is 2. The molecule has 0 spiro atoms. The standard InChI is InChI=1S/C16H21N3O5S2/c1-5-19(6-2)26(21,22)13-9-7-12(8-10-13)14-17-18-16(24-14)25-11(3)15(20)23-4/h7-11H,5-6H2,1-4H3/t11-/m1/s1. The van der Waals surface area contributed by atoms with E-state index in [4.69, 9.17) is 4.42 Å². The van der Waals surface area contributed by atoms with Gasteiger partial charge in [-0.2, -0.15) is 4.31 Å². The fourth-order valence-corrected chi connectivity index (χ4v) is 4.39. The van der Waals surface area contributed by atoms with Gasteiger partial charge in [-0.05, 0) is 31.2 Å². The van der Waals surface area contributed by atoms with Crippen molar-refractivity contribution in [2.24, 2.45) is 0 Å². The average Bonchev–Trinajstić information content (AvgIpc) is 3.10. The highest BCUT2D eigenvalue weighted by molar-refractivity contribution is 8.00. The Morgan fingerprint density at radius 3 is 2.38 bits per heavy atom. The maximum atomic E-state index is 12.5. The maximum Gasteiger partial charge on any atom is 0.319 e.